The van der Waals surface area contributed by atoms with E-state index in [4.69, 9.17) is 0 Å². The van der Waals surface area contributed by atoms with Crippen LogP contribution in [0.3, 0.4) is 0 Å². The predicted molar refractivity (Wildman–Crippen MR) is 87.6 cm³/mol. The molecule has 1 heterocycles. The molecule has 3 nitrogen and oxygen atoms in total. The topological polar surface area (TPSA) is 42.0 Å². The molecule has 2 aromatic carbocycles. The van der Waals surface area contributed by atoms with Crippen LogP contribution in [0.15, 0.2) is 36.4 Å². The molecule has 0 aliphatic heterocycles. The van der Waals surface area contributed by atoms with Crippen LogP contribution in [0.25, 0.3) is 32.5 Å². The summed E-state index contributed by atoms with van der Waals surface area (Å²) in [6.07, 6.45) is 1.38. The highest BCUT2D eigenvalue weighted by atomic mass is 32.1. The Morgan fingerprint density at radius 1 is 1.19 bits per heavy atom. The third kappa shape index (κ3) is 1.87. The Bertz CT molecular complexity index is 810. The first-order valence-electron chi connectivity index (χ1n) is 7.11. The Morgan fingerprint density at radius 2 is 1.95 bits per heavy atom. The zero-order valence-electron chi connectivity index (χ0n) is 11.6. The van der Waals surface area contributed by atoms with Gasteiger partial charge in [0.2, 0.25) is 5.91 Å². The highest BCUT2D eigenvalue weighted by Crippen LogP contribution is 2.50. The molecule has 0 fully saturated rings. The van der Waals surface area contributed by atoms with Gasteiger partial charge in [-0.3, -0.25) is 4.79 Å². The number of anilines is 1. The molecule has 3 aromatic rings. The number of amides is 1. The number of fused-ring (bicyclic) bond motifs is 3. The summed E-state index contributed by atoms with van der Waals surface area (Å²) < 4.78 is 0. The Morgan fingerprint density at radius 3 is 2.71 bits per heavy atom. The van der Waals surface area contributed by atoms with Crippen LogP contribution >= 0.6 is 11.3 Å². The summed E-state index contributed by atoms with van der Waals surface area (Å²) in [6.45, 7) is 2.00. The fourth-order valence-corrected chi connectivity index (χ4v) is 3.90. The first kappa shape index (κ1) is 12.5. The molecule has 1 aliphatic carbocycles. The molecule has 0 radical (unpaired) electrons. The van der Waals surface area contributed by atoms with E-state index < -0.39 is 0 Å². The Kier molecular flexibility index (Phi) is 2.79. The van der Waals surface area contributed by atoms with Crippen LogP contribution in [-0.4, -0.2) is 10.9 Å². The fourth-order valence-electron chi connectivity index (χ4n) is 2.88. The van der Waals surface area contributed by atoms with Gasteiger partial charge in [-0.1, -0.05) is 54.7 Å². The van der Waals surface area contributed by atoms with E-state index in [1.807, 2.05) is 6.92 Å². The lowest BCUT2D eigenvalue weighted by atomic mass is 10.0. The van der Waals surface area contributed by atoms with E-state index in [0.29, 0.717) is 11.6 Å². The quantitative estimate of drug-likeness (QED) is 0.596. The van der Waals surface area contributed by atoms with Gasteiger partial charge in [0.05, 0.1) is 10.6 Å². The molecule has 0 unspecified atom stereocenters. The number of nitrogens with one attached hydrogen (secondary N) is 1. The zero-order valence-corrected chi connectivity index (χ0v) is 12.5. The third-order valence-corrected chi connectivity index (χ3v) is 4.76. The molecular weight excluding hydrogens is 280 g/mol. The molecule has 4 rings (SSSR count). The molecule has 0 bridgehead atoms. The van der Waals surface area contributed by atoms with Crippen molar-refractivity contribution in [3.8, 4) is 21.7 Å². The minimum absolute atomic E-state index is 0.0383. The standard InChI is InChI=1S/C17H14N2OS/c1-2-5-13(20)18-17-19-15-11-8-3-6-10-7-4-9-12(14(10)11)16(15)21-17/h3-4,6-9H,2,5H2,1H3,(H,18,19,20). The zero-order chi connectivity index (χ0) is 14.4. The predicted octanol–water partition coefficient (Wildman–Crippen LogP) is 4.68. The van der Waals surface area contributed by atoms with Gasteiger partial charge >= 0.3 is 0 Å². The van der Waals surface area contributed by atoms with E-state index in [2.05, 4.69) is 46.7 Å². The van der Waals surface area contributed by atoms with Gasteiger partial charge in [0.1, 0.15) is 0 Å². The minimum atomic E-state index is 0.0383. The van der Waals surface area contributed by atoms with Gasteiger partial charge in [0, 0.05) is 17.5 Å². The number of nitrogens with zero attached hydrogens (tertiary/aromatic N) is 1. The molecule has 0 saturated heterocycles. The second-order valence-electron chi connectivity index (χ2n) is 5.20. The molecule has 0 atom stereocenters. The van der Waals surface area contributed by atoms with Gasteiger partial charge < -0.3 is 5.32 Å². The number of benzene rings is 2. The second-order valence-corrected chi connectivity index (χ2v) is 6.20. The molecule has 21 heavy (non-hydrogen) atoms. The van der Waals surface area contributed by atoms with Crippen molar-refractivity contribution >= 4 is 33.1 Å². The smallest absolute Gasteiger partial charge is 0.226 e. The van der Waals surface area contributed by atoms with Crippen LogP contribution in [0.2, 0.25) is 0 Å². The van der Waals surface area contributed by atoms with Crippen molar-refractivity contribution < 1.29 is 4.79 Å². The van der Waals surface area contributed by atoms with Crippen LogP contribution in [0, 0.1) is 0 Å². The van der Waals surface area contributed by atoms with Crippen molar-refractivity contribution in [1.29, 1.82) is 0 Å². The fraction of sp³-hybridized carbons (Fsp3) is 0.176. The number of carbonyl (C=O) groups excluding carboxylic acids is 1. The van der Waals surface area contributed by atoms with E-state index in [1.165, 1.54) is 21.9 Å². The van der Waals surface area contributed by atoms with Gasteiger partial charge in [0.15, 0.2) is 5.13 Å². The summed E-state index contributed by atoms with van der Waals surface area (Å²) in [5.41, 5.74) is 3.40. The number of aromatic nitrogens is 1. The van der Waals surface area contributed by atoms with Crippen molar-refractivity contribution in [2.45, 2.75) is 19.8 Å². The normalized spacial score (nSPS) is 11.7. The van der Waals surface area contributed by atoms with E-state index in [1.54, 1.807) is 11.3 Å². The van der Waals surface area contributed by atoms with E-state index >= 15 is 0 Å². The Hall–Kier alpha value is -2.20. The van der Waals surface area contributed by atoms with Crippen molar-refractivity contribution in [1.82, 2.24) is 4.98 Å². The van der Waals surface area contributed by atoms with Crippen molar-refractivity contribution in [2.24, 2.45) is 0 Å². The monoisotopic (exact) mass is 294 g/mol. The minimum Gasteiger partial charge on any atom is -0.302 e. The number of carbonyl (C=O) groups is 1. The van der Waals surface area contributed by atoms with Crippen molar-refractivity contribution in [3.05, 3.63) is 36.4 Å². The maximum atomic E-state index is 11.7. The molecule has 1 aliphatic rings. The van der Waals surface area contributed by atoms with E-state index in [-0.39, 0.29) is 5.91 Å². The van der Waals surface area contributed by atoms with Crippen molar-refractivity contribution in [3.63, 3.8) is 0 Å². The van der Waals surface area contributed by atoms with Crippen LogP contribution in [0.4, 0.5) is 5.13 Å². The molecule has 4 heteroatoms. The number of hydrogen-bond acceptors (Lipinski definition) is 3. The highest BCUT2D eigenvalue weighted by Gasteiger charge is 2.25. The lowest BCUT2D eigenvalue weighted by molar-refractivity contribution is -0.116. The Balaban J connectivity index is 1.81. The summed E-state index contributed by atoms with van der Waals surface area (Å²) >= 11 is 1.56. The van der Waals surface area contributed by atoms with Crippen LogP contribution in [-0.2, 0) is 4.79 Å². The number of thiazole rings is 1. The summed E-state index contributed by atoms with van der Waals surface area (Å²) in [4.78, 5) is 17.5. The molecular formula is C17H14N2OS. The largest absolute Gasteiger partial charge is 0.302 e. The first-order valence-corrected chi connectivity index (χ1v) is 7.92. The molecule has 1 N–H and O–H groups in total. The van der Waals surface area contributed by atoms with Gasteiger partial charge in [-0.2, -0.15) is 0 Å². The van der Waals surface area contributed by atoms with Gasteiger partial charge in [-0.15, -0.1) is 0 Å². The van der Waals surface area contributed by atoms with Gasteiger partial charge in [-0.05, 0) is 17.2 Å². The number of rotatable bonds is 3. The third-order valence-electron chi connectivity index (χ3n) is 3.76. The van der Waals surface area contributed by atoms with E-state index in [9.17, 15) is 4.79 Å². The SMILES string of the molecule is CCCC(=O)Nc1nc2c(s1)-c1cccc3cccc-2c13. The number of hydrogen-bond donors (Lipinski definition) is 1. The second kappa shape index (κ2) is 4.67. The van der Waals surface area contributed by atoms with Crippen LogP contribution < -0.4 is 5.32 Å². The van der Waals surface area contributed by atoms with Crippen LogP contribution in [0.5, 0.6) is 0 Å². The first-order chi connectivity index (χ1) is 10.3. The molecule has 0 saturated carbocycles. The highest BCUT2D eigenvalue weighted by molar-refractivity contribution is 7.20. The summed E-state index contributed by atoms with van der Waals surface area (Å²) in [7, 11) is 0. The molecule has 1 aromatic heterocycles. The molecule has 1 amide bonds. The van der Waals surface area contributed by atoms with E-state index in [0.717, 1.165) is 17.0 Å². The lowest BCUT2D eigenvalue weighted by Gasteiger charge is -2.02. The molecule has 104 valence electrons. The van der Waals surface area contributed by atoms with Gasteiger partial charge in [0.25, 0.3) is 0 Å². The average molecular weight is 294 g/mol. The maximum absolute atomic E-state index is 11.7. The lowest BCUT2D eigenvalue weighted by Crippen LogP contribution is -2.10. The average Bonchev–Trinajstić information content (AvgIpc) is 3.00. The van der Waals surface area contributed by atoms with Crippen LogP contribution in [0.1, 0.15) is 19.8 Å². The van der Waals surface area contributed by atoms with Crippen molar-refractivity contribution in [2.75, 3.05) is 5.32 Å². The Labute approximate surface area is 126 Å². The maximum Gasteiger partial charge on any atom is 0.226 e. The summed E-state index contributed by atoms with van der Waals surface area (Å²) in [5, 5.41) is 6.12. The summed E-state index contributed by atoms with van der Waals surface area (Å²) in [6, 6.07) is 12.6. The summed E-state index contributed by atoms with van der Waals surface area (Å²) in [5.74, 6) is 0.0383. The van der Waals surface area contributed by atoms with Gasteiger partial charge in [-0.25, -0.2) is 4.98 Å². The molecule has 0 spiro atoms.